The van der Waals surface area contributed by atoms with E-state index >= 15 is 0 Å². The zero-order chi connectivity index (χ0) is 13.7. The van der Waals surface area contributed by atoms with Crippen molar-refractivity contribution in [3.63, 3.8) is 0 Å². The van der Waals surface area contributed by atoms with E-state index < -0.39 is 0 Å². The molecule has 0 N–H and O–H groups in total. The van der Waals surface area contributed by atoms with Gasteiger partial charge in [-0.15, -0.1) is 0 Å². The zero-order valence-electron chi connectivity index (χ0n) is 11.3. The number of carbonyl (C=O) groups is 1. The van der Waals surface area contributed by atoms with Gasteiger partial charge in [-0.3, -0.25) is 0 Å². The van der Waals surface area contributed by atoms with Gasteiger partial charge < -0.3 is 9.53 Å². The van der Waals surface area contributed by atoms with Gasteiger partial charge in [-0.1, -0.05) is 36.4 Å². The van der Waals surface area contributed by atoms with Crippen LogP contribution in [0.3, 0.4) is 0 Å². The van der Waals surface area contributed by atoms with Crippen molar-refractivity contribution in [1.82, 2.24) is 0 Å². The topological polar surface area (TPSA) is 26.3 Å². The third-order valence-electron chi connectivity index (χ3n) is 3.22. The van der Waals surface area contributed by atoms with Crippen LogP contribution in [0.4, 0.5) is 0 Å². The van der Waals surface area contributed by atoms with E-state index in [0.29, 0.717) is 13.0 Å². The molecule has 0 fully saturated rings. The van der Waals surface area contributed by atoms with Gasteiger partial charge >= 0.3 is 0 Å². The Labute approximate surface area is 114 Å². The molecule has 98 valence electrons. The van der Waals surface area contributed by atoms with Gasteiger partial charge in [0.15, 0.2) is 0 Å². The molecular weight excluding hydrogens is 236 g/mol. The standard InChI is InChI=1S/C17H18O2/c1-13-10-16(8-9-18)17(11-14(13)2)19-12-15-6-4-3-5-7-15/h3-7,9-11H,8,12H2,1-2H3. The summed E-state index contributed by atoms with van der Waals surface area (Å²) in [6.45, 7) is 4.62. The summed E-state index contributed by atoms with van der Waals surface area (Å²) in [6.07, 6.45) is 1.31. The van der Waals surface area contributed by atoms with E-state index in [2.05, 4.69) is 6.92 Å². The lowest BCUT2D eigenvalue weighted by Gasteiger charge is -2.13. The molecule has 0 radical (unpaired) electrons. The van der Waals surface area contributed by atoms with E-state index in [1.54, 1.807) is 0 Å². The van der Waals surface area contributed by atoms with Crippen LogP contribution in [0.5, 0.6) is 5.75 Å². The van der Waals surface area contributed by atoms with Gasteiger partial charge in [-0.25, -0.2) is 0 Å². The van der Waals surface area contributed by atoms with Crippen LogP contribution in [0.1, 0.15) is 22.3 Å². The predicted octanol–water partition coefficient (Wildman–Crippen LogP) is 3.62. The molecule has 0 aromatic heterocycles. The quantitative estimate of drug-likeness (QED) is 0.762. The Morgan fingerprint density at radius 2 is 1.74 bits per heavy atom. The first kappa shape index (κ1) is 13.3. The normalized spacial score (nSPS) is 10.2. The minimum absolute atomic E-state index is 0.394. The van der Waals surface area contributed by atoms with E-state index in [4.69, 9.17) is 4.74 Å². The molecule has 0 aliphatic rings. The Kier molecular flexibility index (Phi) is 4.35. The fourth-order valence-electron chi connectivity index (χ4n) is 1.97. The highest BCUT2D eigenvalue weighted by atomic mass is 16.5. The van der Waals surface area contributed by atoms with Gasteiger partial charge in [0, 0.05) is 12.0 Å². The van der Waals surface area contributed by atoms with E-state index in [0.717, 1.165) is 23.2 Å². The van der Waals surface area contributed by atoms with Crippen molar-refractivity contribution in [2.75, 3.05) is 0 Å². The smallest absolute Gasteiger partial charge is 0.124 e. The van der Waals surface area contributed by atoms with Crippen LogP contribution in [-0.4, -0.2) is 6.29 Å². The Morgan fingerprint density at radius 1 is 1.05 bits per heavy atom. The number of rotatable bonds is 5. The van der Waals surface area contributed by atoms with Crippen LogP contribution in [0.2, 0.25) is 0 Å². The zero-order valence-corrected chi connectivity index (χ0v) is 11.3. The van der Waals surface area contributed by atoms with Crippen molar-refractivity contribution in [2.24, 2.45) is 0 Å². The number of ether oxygens (including phenoxy) is 1. The summed E-state index contributed by atoms with van der Waals surface area (Å²) in [5.41, 5.74) is 4.44. The summed E-state index contributed by atoms with van der Waals surface area (Å²) in [5, 5.41) is 0. The average Bonchev–Trinajstić information content (AvgIpc) is 2.42. The summed E-state index contributed by atoms with van der Waals surface area (Å²) in [5.74, 6) is 0.805. The molecule has 2 aromatic rings. The van der Waals surface area contributed by atoms with Gasteiger partial charge in [0.2, 0.25) is 0 Å². The molecule has 2 nitrogen and oxygen atoms in total. The van der Waals surface area contributed by atoms with Crippen molar-refractivity contribution < 1.29 is 9.53 Å². The largest absolute Gasteiger partial charge is 0.489 e. The van der Waals surface area contributed by atoms with Crippen molar-refractivity contribution in [2.45, 2.75) is 26.9 Å². The highest BCUT2D eigenvalue weighted by Crippen LogP contribution is 2.24. The maximum Gasteiger partial charge on any atom is 0.124 e. The molecule has 0 unspecified atom stereocenters. The molecule has 0 aliphatic carbocycles. The molecule has 0 saturated heterocycles. The molecule has 0 heterocycles. The molecule has 0 amide bonds. The Hall–Kier alpha value is -2.09. The summed E-state index contributed by atoms with van der Waals surface area (Å²) in [4.78, 5) is 10.7. The predicted molar refractivity (Wildman–Crippen MR) is 76.5 cm³/mol. The number of benzene rings is 2. The van der Waals surface area contributed by atoms with Gasteiger partial charge in [0.25, 0.3) is 0 Å². The lowest BCUT2D eigenvalue weighted by atomic mass is 10.0. The number of carbonyl (C=O) groups excluding carboxylic acids is 1. The summed E-state index contributed by atoms with van der Waals surface area (Å²) >= 11 is 0. The molecule has 2 aromatic carbocycles. The highest BCUT2D eigenvalue weighted by molar-refractivity contribution is 5.58. The van der Waals surface area contributed by atoms with Crippen LogP contribution in [0.25, 0.3) is 0 Å². The van der Waals surface area contributed by atoms with E-state index in [1.165, 1.54) is 11.1 Å². The molecule has 2 rings (SSSR count). The number of aryl methyl sites for hydroxylation is 2. The monoisotopic (exact) mass is 254 g/mol. The summed E-state index contributed by atoms with van der Waals surface area (Å²) in [6, 6.07) is 14.1. The maximum absolute atomic E-state index is 10.7. The van der Waals surface area contributed by atoms with Gasteiger partial charge in [-0.05, 0) is 36.6 Å². The fourth-order valence-corrected chi connectivity index (χ4v) is 1.97. The maximum atomic E-state index is 10.7. The van der Waals surface area contributed by atoms with Crippen molar-refractivity contribution in [3.05, 3.63) is 64.7 Å². The van der Waals surface area contributed by atoms with E-state index in [1.807, 2.05) is 49.4 Å². The highest BCUT2D eigenvalue weighted by Gasteiger charge is 2.06. The minimum atomic E-state index is 0.394. The second-order valence-electron chi connectivity index (χ2n) is 4.69. The van der Waals surface area contributed by atoms with Crippen molar-refractivity contribution in [1.29, 1.82) is 0 Å². The fraction of sp³-hybridized carbons (Fsp3) is 0.235. The first-order valence-electron chi connectivity index (χ1n) is 6.41. The molecule has 0 saturated carbocycles. The summed E-state index contributed by atoms with van der Waals surface area (Å²) in [7, 11) is 0. The molecule has 2 heteroatoms. The molecule has 0 aliphatic heterocycles. The molecule has 19 heavy (non-hydrogen) atoms. The Balaban J connectivity index is 2.19. The minimum Gasteiger partial charge on any atom is -0.489 e. The second-order valence-corrected chi connectivity index (χ2v) is 4.69. The van der Waals surface area contributed by atoms with Crippen LogP contribution in [-0.2, 0) is 17.8 Å². The van der Waals surface area contributed by atoms with E-state index in [-0.39, 0.29) is 0 Å². The van der Waals surface area contributed by atoms with Crippen LogP contribution < -0.4 is 4.74 Å². The molecule has 0 bridgehead atoms. The van der Waals surface area contributed by atoms with Crippen molar-refractivity contribution in [3.8, 4) is 5.75 Å². The molecule has 0 atom stereocenters. The van der Waals surface area contributed by atoms with Crippen LogP contribution in [0.15, 0.2) is 42.5 Å². The van der Waals surface area contributed by atoms with Gasteiger partial charge in [0.1, 0.15) is 18.6 Å². The second kappa shape index (κ2) is 6.19. The first-order valence-corrected chi connectivity index (χ1v) is 6.41. The summed E-state index contributed by atoms with van der Waals surface area (Å²) < 4.78 is 5.85. The number of hydrogen-bond donors (Lipinski definition) is 0. The van der Waals surface area contributed by atoms with Crippen LogP contribution in [0, 0.1) is 13.8 Å². The molecular formula is C17H18O2. The van der Waals surface area contributed by atoms with Gasteiger partial charge in [0.05, 0.1) is 0 Å². The first-order chi connectivity index (χ1) is 9.20. The third kappa shape index (κ3) is 3.44. The number of aldehydes is 1. The number of hydrogen-bond acceptors (Lipinski definition) is 2. The van der Waals surface area contributed by atoms with Gasteiger partial charge in [-0.2, -0.15) is 0 Å². The van der Waals surface area contributed by atoms with Crippen molar-refractivity contribution >= 4 is 6.29 Å². The lowest BCUT2D eigenvalue weighted by molar-refractivity contribution is -0.107. The van der Waals surface area contributed by atoms with E-state index in [9.17, 15) is 4.79 Å². The SMILES string of the molecule is Cc1cc(CC=O)c(OCc2ccccc2)cc1C. The third-order valence-corrected chi connectivity index (χ3v) is 3.22. The van der Waals surface area contributed by atoms with Crippen LogP contribution >= 0.6 is 0 Å². The Bertz CT molecular complexity index is 559. The Morgan fingerprint density at radius 3 is 2.42 bits per heavy atom. The molecule has 0 spiro atoms. The average molecular weight is 254 g/mol. The lowest BCUT2D eigenvalue weighted by Crippen LogP contribution is -2.00.